The first-order chi connectivity index (χ1) is 71.1. The average Bonchev–Trinajstić information content (AvgIpc) is 1.61. The lowest BCUT2D eigenvalue weighted by molar-refractivity contribution is -0.378. The minimum absolute atomic E-state index is 0.0165. The number of anilines is 6. The Labute approximate surface area is 884 Å². The highest BCUT2D eigenvalue weighted by atomic mass is 79.9. The van der Waals surface area contributed by atoms with Crippen LogP contribution >= 0.6 is 31.9 Å². The highest BCUT2D eigenvalue weighted by molar-refractivity contribution is 9.10. The van der Waals surface area contributed by atoms with Crippen molar-refractivity contribution in [3.8, 4) is 101 Å². The molecule has 0 bridgehead atoms. The molecule has 41 heteroatoms. The fraction of sp³-hybridized carbons (Fsp3) is 0.194. The molecule has 3 atom stereocenters. The Morgan fingerprint density at radius 3 is 0.799 bits per heavy atom. The third kappa shape index (κ3) is 30.9. The molecule has 7 heterocycles. The number of H-pyrrole nitrogens is 1. The first-order valence-electron chi connectivity index (χ1n) is 46.9. The molecular weight excluding hydrogens is 2160 g/mol. The first-order valence-corrected chi connectivity index (χ1v) is 58.0. The van der Waals surface area contributed by atoms with Crippen LogP contribution in [-0.4, -0.2) is 158 Å². The summed E-state index contributed by atoms with van der Waals surface area (Å²) in [7, 11) is -27.6. The van der Waals surface area contributed by atoms with Gasteiger partial charge in [0.25, 0.3) is 30.4 Å². The highest BCUT2D eigenvalue weighted by Crippen LogP contribution is 2.50. The van der Waals surface area contributed by atoms with Gasteiger partial charge in [0.2, 0.25) is 17.6 Å². The van der Waals surface area contributed by atoms with Crippen molar-refractivity contribution in [3.63, 3.8) is 0 Å². The van der Waals surface area contributed by atoms with Crippen LogP contribution in [0.25, 0.3) is 66.8 Å². The normalized spacial score (nSPS) is 16.2. The van der Waals surface area contributed by atoms with Crippen LogP contribution in [0.5, 0.6) is 34.5 Å². The van der Waals surface area contributed by atoms with Crippen molar-refractivity contribution in [1.29, 1.82) is 0 Å². The molecule has 6 N–H and O–H groups in total. The van der Waals surface area contributed by atoms with Crippen molar-refractivity contribution in [2.45, 2.75) is 73.1 Å². The SMILES string of the molecule is CCC(=C/C1Oc2ccc(-c3ccc(Br)cc3)cc2N1CS(=O)(=O)[O-])/C=C1/Oc2ccc(-c3ccc(Br)cc3)cc2N1CS(=O)(=O)O.CCC(=C/C1Oc2ccc(-c3ccccc3)cc2N1CS(=O)(=O)[O-])/C=C1\Oc2ccc(-c3ccccc3)cc2N1CS(=O)(=O)O.CCNCC.CCNCC.O=S(=O)([O-])CN1c2cc(-c3ccccc3)ccc2OC1C=C1Oc2ccc(-c3ccccc3)cc2N1CS(=O)(=O)O.c1cc[nH+]cc1. The molecule has 0 spiro atoms. The third-order valence-corrected chi connectivity index (χ3v) is 27.8. The number of pyridine rings is 1. The van der Waals surface area contributed by atoms with Crippen molar-refractivity contribution in [3.05, 3.63) is 378 Å². The number of benzene rings is 12. The van der Waals surface area contributed by atoms with E-state index in [1.165, 1.54) is 35.5 Å². The van der Waals surface area contributed by atoms with E-state index in [4.69, 9.17) is 28.4 Å². The summed E-state index contributed by atoms with van der Waals surface area (Å²) in [6, 6.07) is 90.8. The minimum Gasteiger partial charge on any atom is -0.747 e. The van der Waals surface area contributed by atoms with Crippen LogP contribution in [0.1, 0.15) is 54.4 Å². The summed E-state index contributed by atoms with van der Waals surface area (Å²) >= 11 is 6.85. The Bertz CT molecular complexity index is 7780. The molecule has 0 saturated carbocycles. The summed E-state index contributed by atoms with van der Waals surface area (Å²) in [5.74, 6) is -2.41. The molecule has 33 nitrogen and oxygen atoms in total. The van der Waals surface area contributed by atoms with Crippen LogP contribution in [0.2, 0.25) is 0 Å². The number of ether oxygens (including phenoxy) is 6. The Kier molecular flexibility index (Phi) is 37.1. The zero-order chi connectivity index (χ0) is 107. The number of aromatic amines is 1. The molecule has 0 amide bonds. The van der Waals surface area contributed by atoms with Gasteiger partial charge in [-0.1, -0.05) is 261 Å². The number of aromatic nitrogens is 1. The van der Waals surface area contributed by atoms with Crippen LogP contribution in [0, 0.1) is 0 Å². The zero-order valence-corrected chi connectivity index (χ0v) is 89.4. The average molecular weight is 2270 g/mol. The van der Waals surface area contributed by atoms with E-state index in [1.807, 2.05) is 251 Å². The number of hydrogen-bond acceptors (Lipinski definition) is 29. The Morgan fingerprint density at radius 1 is 0.309 bits per heavy atom. The second kappa shape index (κ2) is 49.7. The fourth-order valence-electron chi connectivity index (χ4n) is 16.4. The summed E-state index contributed by atoms with van der Waals surface area (Å²) in [5.41, 5.74) is 13.9. The summed E-state index contributed by atoms with van der Waals surface area (Å²) in [4.78, 5) is 10.9. The topological polar surface area (TPSA) is 448 Å². The molecule has 0 aliphatic carbocycles. The fourth-order valence-corrected chi connectivity index (χ4v) is 20.6. The van der Waals surface area contributed by atoms with Crippen molar-refractivity contribution >= 4 is 127 Å². The molecular formula is C108H107Br2N9O24S6-2. The van der Waals surface area contributed by atoms with Gasteiger partial charge in [0.15, 0.2) is 66.0 Å². The maximum absolute atomic E-state index is 12.1. The van der Waals surface area contributed by atoms with Gasteiger partial charge >= 0.3 is 0 Å². The summed E-state index contributed by atoms with van der Waals surface area (Å²) in [5, 5.41) is 6.22. The summed E-state index contributed by atoms with van der Waals surface area (Å²) in [6.07, 6.45) is 9.42. The second-order valence-corrected chi connectivity index (χ2v) is 44.2. The molecule has 0 fully saturated rings. The van der Waals surface area contributed by atoms with E-state index in [2.05, 4.69) is 75.2 Å². The molecule has 780 valence electrons. The molecule has 149 heavy (non-hydrogen) atoms. The van der Waals surface area contributed by atoms with Gasteiger partial charge in [-0.25, -0.2) is 30.2 Å². The van der Waals surface area contributed by atoms with Gasteiger partial charge in [-0.2, -0.15) is 25.3 Å². The van der Waals surface area contributed by atoms with E-state index in [-0.39, 0.29) is 17.6 Å². The number of hydrogen-bond donors (Lipinski definition) is 5. The van der Waals surface area contributed by atoms with Crippen LogP contribution in [0.15, 0.2) is 378 Å². The van der Waals surface area contributed by atoms with Crippen molar-refractivity contribution in [2.75, 3.05) is 90.8 Å². The number of nitrogens with zero attached hydrogens (tertiary/aromatic N) is 6. The lowest BCUT2D eigenvalue weighted by Crippen LogP contribution is -2.38. The predicted octanol–water partition coefficient (Wildman–Crippen LogP) is 19.8. The quantitative estimate of drug-likeness (QED) is 0.0272. The van der Waals surface area contributed by atoms with Gasteiger partial charge < -0.3 is 67.4 Å². The zero-order valence-electron chi connectivity index (χ0n) is 81.4. The molecule has 19 rings (SSSR count). The summed E-state index contributed by atoms with van der Waals surface area (Å²) < 4.78 is 248. The molecule has 3 unspecified atom stereocenters. The van der Waals surface area contributed by atoms with E-state index in [1.54, 1.807) is 97.1 Å². The Morgan fingerprint density at radius 2 is 0.550 bits per heavy atom. The van der Waals surface area contributed by atoms with Gasteiger partial charge in [-0.05, 0) is 226 Å². The maximum atomic E-state index is 12.1. The molecule has 12 aromatic carbocycles. The van der Waals surface area contributed by atoms with Crippen LogP contribution < -0.4 is 73.4 Å². The number of halogens is 2. The third-order valence-electron chi connectivity index (χ3n) is 23.3. The molecule has 0 saturated heterocycles. The van der Waals surface area contributed by atoms with Gasteiger partial charge in [-0.15, -0.1) is 0 Å². The Hall–Kier alpha value is -13.6. The predicted molar refractivity (Wildman–Crippen MR) is 582 cm³/mol. The molecule has 13 aromatic rings. The molecule has 0 radical (unpaired) electrons. The number of nitrogens with one attached hydrogen (secondary N) is 3. The van der Waals surface area contributed by atoms with Gasteiger partial charge in [-0.3, -0.25) is 28.4 Å². The molecule has 6 aliphatic rings. The van der Waals surface area contributed by atoms with E-state index < -0.39 is 115 Å². The number of fused-ring (bicyclic) bond motifs is 6. The highest BCUT2D eigenvalue weighted by Gasteiger charge is 2.40. The van der Waals surface area contributed by atoms with Crippen LogP contribution in [-0.2, 0) is 60.7 Å². The van der Waals surface area contributed by atoms with Crippen molar-refractivity contribution < 1.29 is 111 Å². The smallest absolute Gasteiger partial charge is 0.283 e. The van der Waals surface area contributed by atoms with E-state index >= 15 is 0 Å². The van der Waals surface area contributed by atoms with Crippen LogP contribution in [0.4, 0.5) is 34.1 Å². The number of allylic oxidation sites excluding steroid dienone is 4. The van der Waals surface area contributed by atoms with Gasteiger partial charge in [0.05, 0.1) is 34.1 Å². The van der Waals surface area contributed by atoms with Crippen molar-refractivity contribution in [1.82, 2.24) is 10.6 Å². The first kappa shape index (κ1) is 111. The minimum atomic E-state index is -4.75. The van der Waals surface area contributed by atoms with Crippen LogP contribution in [0.3, 0.4) is 0 Å². The van der Waals surface area contributed by atoms with E-state index in [0.29, 0.717) is 92.6 Å². The molecule has 6 aliphatic heterocycles. The largest absolute Gasteiger partial charge is 0.747 e. The van der Waals surface area contributed by atoms with Gasteiger partial charge in [0, 0.05) is 39.3 Å². The molecule has 1 aromatic heterocycles. The monoisotopic (exact) mass is 2260 g/mol. The van der Waals surface area contributed by atoms with E-state index in [9.17, 15) is 77.8 Å². The van der Waals surface area contributed by atoms with Crippen molar-refractivity contribution in [2.24, 2.45) is 0 Å². The van der Waals surface area contributed by atoms with E-state index in [0.717, 1.165) is 102 Å². The lowest BCUT2D eigenvalue weighted by Gasteiger charge is -2.25. The lowest BCUT2D eigenvalue weighted by atomic mass is 10.0. The van der Waals surface area contributed by atoms with Gasteiger partial charge in [0.1, 0.15) is 65.2 Å². The second-order valence-electron chi connectivity index (χ2n) is 33.9. The summed E-state index contributed by atoms with van der Waals surface area (Å²) in [6.45, 7) is 16.5. The standard InChI is InChI=1S/C33H28Br2N2O8S2.C33H30N2O8S2.C29H24N2O8S2.C5H5N.2C4H11N/c1-2-21(15-32-36(19-46(38,39)40)28-17-24(7-13-30(28)44-32)22-3-9-26(34)10-4-22)16-33-37(20-47(41,42)43)29-18-25(8-14-31(29)45-33)23-5-11-27(35)12-6-23;1-2-23(17-32-34(21-44(36,37)38)28-19-26(13-15-30(28)42-32)24-9-5-3-6-10-24)18-33-35(22-45(39,40)41)29-20-27(14-16-31(29)43-33)25-11-7-4-8-12-25;32-40(33,34)18-30-24-15-22(20-7-3-1-4-8-20)11-13-26(24)38-28(30)17-29-31(19-41(35,36)37)25-16-23(12-14-27(25)39-29)21-9-5-2-6-10-21;1-2-4-6-5-3-1;2*1-3-5-4-2/h3-18,32H,2,19-20H2,1H3,(H,38,39,40)(H,41,42,43);3-20,32H,2,21-22H2,1H3,(H,36,37,38)(H,39,40,41);1-17,28H,18-19H2,(H,32,33,34)(H,35,36,37);1-5H;2*5H,3-4H2,1-2H3/p-2/b21-15-,33-16+;23-17-,33-18-;;;;. The number of rotatable bonds is 29. The maximum Gasteiger partial charge on any atom is 0.283 e. The Balaban J connectivity index is 0.000000164.